The van der Waals surface area contributed by atoms with Gasteiger partial charge in [-0.05, 0) is 76.0 Å². The van der Waals surface area contributed by atoms with Crippen molar-refractivity contribution in [2.75, 3.05) is 12.4 Å². The molecule has 0 aromatic carbocycles. The molecule has 0 aliphatic heterocycles. The molecule has 3 aromatic heterocycles. The number of amides is 6. The molecule has 58 heavy (non-hydrogen) atoms. The van der Waals surface area contributed by atoms with E-state index in [-0.39, 0.29) is 35.4 Å². The van der Waals surface area contributed by atoms with E-state index in [0.29, 0.717) is 30.6 Å². The smallest absolute Gasteiger partial charge is 0.229 e. The quantitative estimate of drug-likeness (QED) is 0.211. The molecule has 0 radical (unpaired) electrons. The molecule has 3 saturated carbocycles. The number of carbonyl (C=O) groups excluding carboxylic acids is 6. The number of nitrogens with one attached hydrogen (secondary N) is 6. The number of anilines is 1. The maximum absolute atomic E-state index is 10.5. The van der Waals surface area contributed by atoms with Crippen LogP contribution in [0.15, 0.2) is 49.4 Å². The highest BCUT2D eigenvalue weighted by Crippen LogP contribution is 2.18. The number of rotatable bonds is 6. The van der Waals surface area contributed by atoms with Gasteiger partial charge in [-0.1, -0.05) is 18.9 Å². The van der Waals surface area contributed by atoms with Crippen LogP contribution < -0.4 is 31.9 Å². The Hall–Kier alpha value is -5.81. The van der Waals surface area contributed by atoms with Gasteiger partial charge in [0.15, 0.2) is 0 Å². The molecule has 0 bridgehead atoms. The molecular weight excluding hydrogens is 745 g/mol. The summed E-state index contributed by atoms with van der Waals surface area (Å²) >= 11 is 0. The highest BCUT2D eigenvalue weighted by atomic mass is 16.2. The van der Waals surface area contributed by atoms with Crippen molar-refractivity contribution in [3.63, 3.8) is 0 Å². The van der Waals surface area contributed by atoms with E-state index in [9.17, 15) is 28.8 Å². The van der Waals surface area contributed by atoms with E-state index in [0.717, 1.165) is 11.3 Å². The van der Waals surface area contributed by atoms with E-state index in [1.165, 1.54) is 91.3 Å². The number of pyridine rings is 1. The van der Waals surface area contributed by atoms with E-state index in [1.54, 1.807) is 57.4 Å². The van der Waals surface area contributed by atoms with Crippen molar-refractivity contribution in [3.05, 3.63) is 60.7 Å². The summed E-state index contributed by atoms with van der Waals surface area (Å²) in [6.07, 6.45) is 20.4. The normalized spacial score (nSPS) is 13.5. The number of hydrogen-bond acceptors (Lipinski definition) is 11. The molecule has 0 unspecified atom stereocenters. The molecular formula is C40H66N12O6. The molecule has 322 valence electrons. The molecule has 0 spiro atoms. The average molecular weight is 811 g/mol. The second kappa shape index (κ2) is 32.3. The Balaban J connectivity index is 0.000000663. The number of nitrogens with zero attached hydrogens (tertiary/aromatic N) is 6. The molecule has 6 rings (SSSR count). The van der Waals surface area contributed by atoms with Crippen LogP contribution in [-0.4, -0.2) is 90.3 Å². The minimum Gasteiger partial charge on any atom is -0.359 e. The first kappa shape index (κ1) is 52.2. The van der Waals surface area contributed by atoms with Crippen LogP contribution in [-0.2, 0) is 42.4 Å². The molecule has 3 aliphatic carbocycles. The Kier molecular flexibility index (Phi) is 29.1. The summed E-state index contributed by atoms with van der Waals surface area (Å²) in [7, 11) is 3.43. The third kappa shape index (κ3) is 32.4. The molecule has 3 fully saturated rings. The first-order valence-electron chi connectivity index (χ1n) is 19.5. The molecule has 18 heteroatoms. The third-order valence-corrected chi connectivity index (χ3v) is 7.99. The van der Waals surface area contributed by atoms with Gasteiger partial charge in [-0.3, -0.25) is 43.7 Å². The SMILES string of the molecule is CC(=O)NC1CCC1.CC(=O)NC1CCC1.CC(=O)NC1CCCC1.CC(=O)NCc1ccccn1.CC(=O)Nc1ncc(C)cn1.CNC(C)=O.Cn1cncn1. The van der Waals surface area contributed by atoms with Crippen LogP contribution in [0.1, 0.15) is 117 Å². The molecule has 6 amide bonds. The van der Waals surface area contributed by atoms with Gasteiger partial charge >= 0.3 is 0 Å². The lowest BCUT2D eigenvalue weighted by Crippen LogP contribution is -2.37. The summed E-state index contributed by atoms with van der Waals surface area (Å²) in [5.74, 6) is 0.490. The molecule has 3 aromatic rings. The summed E-state index contributed by atoms with van der Waals surface area (Å²) in [6, 6.07) is 7.11. The van der Waals surface area contributed by atoms with Crippen molar-refractivity contribution in [1.29, 1.82) is 0 Å². The highest BCUT2D eigenvalue weighted by Gasteiger charge is 2.18. The van der Waals surface area contributed by atoms with Crippen LogP contribution in [0.25, 0.3) is 0 Å². The molecule has 18 nitrogen and oxygen atoms in total. The second-order valence-corrected chi connectivity index (χ2v) is 13.7. The molecule has 6 N–H and O–H groups in total. The predicted molar refractivity (Wildman–Crippen MR) is 223 cm³/mol. The maximum atomic E-state index is 10.5. The number of carbonyl (C=O) groups is 6. The Bertz CT molecular complexity index is 1550. The summed E-state index contributed by atoms with van der Waals surface area (Å²) in [6.45, 7) is 11.5. The van der Waals surface area contributed by atoms with Crippen LogP contribution >= 0.6 is 0 Å². The minimum absolute atomic E-state index is 0.00463. The summed E-state index contributed by atoms with van der Waals surface area (Å²) in [4.78, 5) is 77.3. The van der Waals surface area contributed by atoms with Crippen LogP contribution in [0.4, 0.5) is 5.95 Å². The van der Waals surface area contributed by atoms with Gasteiger partial charge in [0.1, 0.15) is 12.7 Å². The van der Waals surface area contributed by atoms with Crippen molar-refractivity contribution >= 4 is 41.4 Å². The third-order valence-electron chi connectivity index (χ3n) is 7.99. The largest absolute Gasteiger partial charge is 0.359 e. The van der Waals surface area contributed by atoms with E-state index in [1.807, 2.05) is 32.2 Å². The van der Waals surface area contributed by atoms with Crippen LogP contribution in [0.5, 0.6) is 0 Å². The monoisotopic (exact) mass is 811 g/mol. The van der Waals surface area contributed by atoms with Gasteiger partial charge in [-0.15, -0.1) is 0 Å². The lowest BCUT2D eigenvalue weighted by atomic mass is 9.93. The zero-order valence-electron chi connectivity index (χ0n) is 35.8. The van der Waals surface area contributed by atoms with Gasteiger partial charge in [-0.2, -0.15) is 5.10 Å². The minimum atomic E-state index is -0.158. The lowest BCUT2D eigenvalue weighted by Gasteiger charge is -2.25. The van der Waals surface area contributed by atoms with Crippen LogP contribution in [0.3, 0.4) is 0 Å². The van der Waals surface area contributed by atoms with Gasteiger partial charge in [0.2, 0.25) is 41.4 Å². The van der Waals surface area contributed by atoms with Crippen molar-refractivity contribution < 1.29 is 28.8 Å². The van der Waals surface area contributed by atoms with Gasteiger partial charge in [0.05, 0.1) is 12.2 Å². The molecule has 0 atom stereocenters. The zero-order valence-corrected chi connectivity index (χ0v) is 35.8. The Labute approximate surface area is 343 Å². The lowest BCUT2D eigenvalue weighted by molar-refractivity contribution is -0.121. The Morgan fingerprint density at radius 3 is 1.40 bits per heavy atom. The standard InChI is InChI=1S/C8H10N2O.C7H9N3O.C7H13NO.2C6H11NO.C3H5N3.C3H7NO/c1-7(11)10-6-8-4-2-3-5-9-8;1-5-3-8-7(9-4-5)10-6(2)11;1-6(9)8-7-4-2-3-5-7;2*1-5(8)7-6-3-2-4-6;1-6-3-4-2-5-6;1-3(5)4-2/h2-5H,6H2,1H3,(H,10,11);3-4H,1-2H3,(H,8,9,10,11);7H,2-5H2,1H3,(H,8,9);2*6H,2-4H2,1H3,(H,7,8);2-3H,1H3;1-2H3,(H,4,5). The topological polar surface area (TPSA) is 244 Å². The fraction of sp³-hybridized carbons (Fsp3) is 0.575. The first-order valence-corrected chi connectivity index (χ1v) is 19.5. The molecule has 0 saturated heterocycles. The maximum Gasteiger partial charge on any atom is 0.229 e. The van der Waals surface area contributed by atoms with Gasteiger partial charge < -0.3 is 26.6 Å². The fourth-order valence-electron chi connectivity index (χ4n) is 4.64. The van der Waals surface area contributed by atoms with Crippen molar-refractivity contribution in [2.45, 2.75) is 137 Å². The van der Waals surface area contributed by atoms with Gasteiger partial charge in [-0.25, -0.2) is 15.0 Å². The first-order chi connectivity index (χ1) is 27.5. The van der Waals surface area contributed by atoms with Gasteiger partial charge in [0, 0.05) is 92.4 Å². The number of aromatic nitrogens is 6. The number of hydrogen-bond donors (Lipinski definition) is 6. The average Bonchev–Trinajstić information content (AvgIpc) is 3.84. The van der Waals surface area contributed by atoms with Crippen molar-refractivity contribution in [3.8, 4) is 0 Å². The summed E-state index contributed by atoms with van der Waals surface area (Å²) in [5.41, 5.74) is 1.85. The fourth-order valence-corrected chi connectivity index (χ4v) is 4.64. The summed E-state index contributed by atoms with van der Waals surface area (Å²) in [5, 5.41) is 19.8. The van der Waals surface area contributed by atoms with E-state index < -0.39 is 0 Å². The van der Waals surface area contributed by atoms with E-state index >= 15 is 0 Å². The number of aryl methyl sites for hydroxylation is 2. The van der Waals surface area contributed by atoms with E-state index in [2.05, 4.69) is 56.9 Å². The van der Waals surface area contributed by atoms with Crippen LogP contribution in [0, 0.1) is 6.92 Å². The summed E-state index contributed by atoms with van der Waals surface area (Å²) < 4.78 is 1.64. The van der Waals surface area contributed by atoms with Gasteiger partial charge in [0.25, 0.3) is 0 Å². The predicted octanol–water partition coefficient (Wildman–Crippen LogP) is 3.44. The van der Waals surface area contributed by atoms with Crippen LogP contribution in [0.2, 0.25) is 0 Å². The molecule has 3 aliphatic rings. The van der Waals surface area contributed by atoms with Crippen molar-refractivity contribution in [1.82, 2.24) is 56.3 Å². The Morgan fingerprint density at radius 2 is 1.12 bits per heavy atom. The zero-order chi connectivity index (χ0) is 43.7. The highest BCUT2D eigenvalue weighted by molar-refractivity contribution is 5.86. The second-order valence-electron chi connectivity index (χ2n) is 13.7. The van der Waals surface area contributed by atoms with E-state index in [4.69, 9.17) is 0 Å². The van der Waals surface area contributed by atoms with Crippen molar-refractivity contribution in [2.24, 2.45) is 7.05 Å². The Morgan fingerprint density at radius 1 is 0.655 bits per heavy atom. The molecule has 3 heterocycles.